The average molecular weight is 548 g/mol. The van der Waals surface area contributed by atoms with Crippen molar-refractivity contribution >= 4 is 29.1 Å². The molecule has 0 saturated carbocycles. The highest BCUT2D eigenvalue weighted by atomic mass is 16.5. The summed E-state index contributed by atoms with van der Waals surface area (Å²) in [6.07, 6.45) is 4.87. The molecule has 1 spiro atoms. The number of rotatable bonds is 11. The molecule has 214 valence electrons. The van der Waals surface area contributed by atoms with Gasteiger partial charge in [0.2, 0.25) is 17.7 Å². The summed E-state index contributed by atoms with van der Waals surface area (Å²) in [5.74, 6) is -2.08. The maximum Gasteiger partial charge on any atom is 0.250 e. The number of anilines is 2. The molecular formula is C32H41N3O5. The predicted molar refractivity (Wildman–Crippen MR) is 154 cm³/mol. The molecule has 8 nitrogen and oxygen atoms in total. The fraction of sp³-hybridized carbons (Fsp3) is 0.531. The maximum atomic E-state index is 14.3. The van der Waals surface area contributed by atoms with Gasteiger partial charge in [0.25, 0.3) is 0 Å². The first kappa shape index (κ1) is 28.3. The van der Waals surface area contributed by atoms with E-state index in [2.05, 4.69) is 10.6 Å². The van der Waals surface area contributed by atoms with Gasteiger partial charge in [0.15, 0.2) is 0 Å². The molecule has 0 aromatic heterocycles. The summed E-state index contributed by atoms with van der Waals surface area (Å²) in [6.45, 7) is 6.45. The third-order valence-corrected chi connectivity index (χ3v) is 9.29. The zero-order valence-corrected chi connectivity index (χ0v) is 23.7. The lowest BCUT2D eigenvalue weighted by Gasteiger charge is -2.34. The van der Waals surface area contributed by atoms with Crippen LogP contribution in [0.2, 0.25) is 0 Å². The molecule has 40 heavy (non-hydrogen) atoms. The molecule has 2 bridgehead atoms. The van der Waals surface area contributed by atoms with Gasteiger partial charge in [-0.05, 0) is 69.2 Å². The summed E-state index contributed by atoms with van der Waals surface area (Å²) in [7, 11) is 0. The van der Waals surface area contributed by atoms with E-state index >= 15 is 0 Å². The summed E-state index contributed by atoms with van der Waals surface area (Å²) in [6, 6.07) is 14.3. The van der Waals surface area contributed by atoms with Gasteiger partial charge in [0, 0.05) is 24.5 Å². The zero-order valence-electron chi connectivity index (χ0n) is 23.7. The third kappa shape index (κ3) is 4.71. The Morgan fingerprint density at radius 1 is 0.950 bits per heavy atom. The summed E-state index contributed by atoms with van der Waals surface area (Å²) in [5.41, 5.74) is 1.47. The number of carbonyl (C=O) groups excluding carboxylic acids is 3. The van der Waals surface area contributed by atoms with Crippen LogP contribution in [-0.4, -0.2) is 58.1 Å². The first-order chi connectivity index (χ1) is 19.3. The van der Waals surface area contributed by atoms with E-state index in [0.717, 1.165) is 29.7 Å². The molecule has 5 atom stereocenters. The minimum absolute atomic E-state index is 0.139. The number of amides is 3. The van der Waals surface area contributed by atoms with Crippen LogP contribution in [0.3, 0.4) is 0 Å². The highest BCUT2D eigenvalue weighted by Gasteiger charge is 2.78. The number of aryl methyl sites for hydroxylation is 2. The van der Waals surface area contributed by atoms with E-state index in [9.17, 15) is 14.4 Å². The Balaban J connectivity index is 1.49. The van der Waals surface area contributed by atoms with Crippen molar-refractivity contribution in [1.82, 2.24) is 4.90 Å². The second kappa shape index (κ2) is 11.3. The van der Waals surface area contributed by atoms with Crippen molar-refractivity contribution < 1.29 is 24.2 Å². The predicted octanol–water partition coefficient (Wildman–Crippen LogP) is 4.59. The van der Waals surface area contributed by atoms with Crippen molar-refractivity contribution in [2.24, 2.45) is 11.8 Å². The summed E-state index contributed by atoms with van der Waals surface area (Å²) >= 11 is 0. The Hall–Kier alpha value is -3.23. The Labute approximate surface area is 236 Å². The molecule has 2 aromatic rings. The van der Waals surface area contributed by atoms with Crippen molar-refractivity contribution in [2.45, 2.75) is 83.0 Å². The standard InChI is InChI=1S/C32H41N3O5/c1-4-31-17-18-32(40-31)25(24(31)28(37)33-23-15-8-7-9-16-23)30(39)35(19-10-5-6-11-20-36)27(32)29(38)34-26-21(2)13-12-14-22(26)3/h7-9,12-16,24-25,27,36H,4-6,10-11,17-20H2,1-3H3,(H,33,37)(H,34,38)/t24-,25-,27?,31+,32?/m0/s1. The zero-order chi connectivity index (χ0) is 28.5. The van der Waals surface area contributed by atoms with Crippen LogP contribution in [0.15, 0.2) is 48.5 Å². The number of hydrogen-bond donors (Lipinski definition) is 3. The van der Waals surface area contributed by atoms with Crippen LogP contribution in [0, 0.1) is 25.7 Å². The van der Waals surface area contributed by atoms with E-state index in [1.54, 1.807) is 4.90 Å². The van der Waals surface area contributed by atoms with E-state index in [1.807, 2.05) is 69.3 Å². The molecule has 5 rings (SSSR count). The van der Waals surface area contributed by atoms with E-state index in [4.69, 9.17) is 9.84 Å². The molecule has 8 heteroatoms. The number of benzene rings is 2. The Morgan fingerprint density at radius 2 is 1.65 bits per heavy atom. The van der Waals surface area contributed by atoms with Gasteiger partial charge in [0.05, 0.1) is 17.4 Å². The second-order valence-corrected chi connectivity index (χ2v) is 11.6. The van der Waals surface area contributed by atoms with E-state index in [0.29, 0.717) is 44.3 Å². The second-order valence-electron chi connectivity index (χ2n) is 11.6. The van der Waals surface area contributed by atoms with Gasteiger partial charge in [-0.1, -0.05) is 56.2 Å². The first-order valence-electron chi connectivity index (χ1n) is 14.6. The Bertz CT molecular complexity index is 1250. The SMILES string of the molecule is CC[C@]12CCC3(O1)C(C(=O)Nc1c(C)cccc1C)N(CCCCCCO)C(=O)[C@@H]3[C@H]2C(=O)Nc1ccccc1. The van der Waals surface area contributed by atoms with Crippen LogP contribution < -0.4 is 10.6 Å². The summed E-state index contributed by atoms with van der Waals surface area (Å²) in [4.78, 5) is 44.0. The molecule has 3 N–H and O–H groups in total. The van der Waals surface area contributed by atoms with Gasteiger partial charge in [-0.3, -0.25) is 14.4 Å². The number of ether oxygens (including phenoxy) is 1. The van der Waals surface area contributed by atoms with E-state index in [-0.39, 0.29) is 24.3 Å². The number of hydrogen-bond acceptors (Lipinski definition) is 5. The number of para-hydroxylation sites is 2. The molecule has 0 aliphatic carbocycles. The van der Waals surface area contributed by atoms with Crippen LogP contribution >= 0.6 is 0 Å². The Kier molecular flexibility index (Phi) is 8.02. The topological polar surface area (TPSA) is 108 Å². The molecule has 2 unspecified atom stereocenters. The summed E-state index contributed by atoms with van der Waals surface area (Å²) < 4.78 is 6.85. The van der Waals surface area contributed by atoms with E-state index in [1.165, 1.54) is 0 Å². The van der Waals surface area contributed by atoms with Gasteiger partial charge < -0.3 is 25.4 Å². The lowest BCUT2D eigenvalue weighted by atomic mass is 9.65. The molecule has 0 radical (unpaired) electrons. The number of unbranched alkanes of at least 4 members (excludes halogenated alkanes) is 3. The highest BCUT2D eigenvalue weighted by Crippen LogP contribution is 2.64. The number of likely N-dealkylation sites (tertiary alicyclic amines) is 1. The minimum Gasteiger partial charge on any atom is -0.396 e. The van der Waals surface area contributed by atoms with Gasteiger partial charge in [-0.2, -0.15) is 0 Å². The van der Waals surface area contributed by atoms with Crippen molar-refractivity contribution in [3.63, 3.8) is 0 Å². The van der Waals surface area contributed by atoms with E-state index < -0.39 is 29.1 Å². The lowest BCUT2D eigenvalue weighted by molar-refractivity contribution is -0.144. The lowest BCUT2D eigenvalue weighted by Crippen LogP contribution is -2.53. The van der Waals surface area contributed by atoms with Crippen LogP contribution in [0.1, 0.15) is 63.0 Å². The number of aliphatic hydroxyl groups is 1. The molecular weight excluding hydrogens is 506 g/mol. The monoisotopic (exact) mass is 547 g/mol. The average Bonchev–Trinajstić information content (AvgIpc) is 3.55. The molecule has 3 heterocycles. The summed E-state index contributed by atoms with van der Waals surface area (Å²) in [5, 5.41) is 15.3. The number of nitrogens with one attached hydrogen (secondary N) is 2. The molecule has 2 aromatic carbocycles. The van der Waals surface area contributed by atoms with Crippen LogP contribution in [0.4, 0.5) is 11.4 Å². The minimum atomic E-state index is -1.06. The number of carbonyl (C=O) groups is 3. The van der Waals surface area contributed by atoms with Crippen LogP contribution in [-0.2, 0) is 19.1 Å². The Morgan fingerprint density at radius 3 is 2.33 bits per heavy atom. The van der Waals surface area contributed by atoms with Gasteiger partial charge in [-0.15, -0.1) is 0 Å². The number of aliphatic hydroxyl groups excluding tert-OH is 1. The van der Waals surface area contributed by atoms with Crippen LogP contribution in [0.25, 0.3) is 0 Å². The van der Waals surface area contributed by atoms with Crippen molar-refractivity contribution in [2.75, 3.05) is 23.8 Å². The van der Waals surface area contributed by atoms with Crippen LogP contribution in [0.5, 0.6) is 0 Å². The van der Waals surface area contributed by atoms with Crippen molar-refractivity contribution in [1.29, 1.82) is 0 Å². The van der Waals surface area contributed by atoms with Crippen molar-refractivity contribution in [3.05, 3.63) is 59.7 Å². The number of fused-ring (bicyclic) bond motifs is 1. The molecule has 3 fully saturated rings. The highest BCUT2D eigenvalue weighted by molar-refractivity contribution is 6.05. The third-order valence-electron chi connectivity index (χ3n) is 9.29. The fourth-order valence-corrected chi connectivity index (χ4v) is 7.35. The number of nitrogens with zero attached hydrogens (tertiary/aromatic N) is 1. The molecule has 3 saturated heterocycles. The smallest absolute Gasteiger partial charge is 0.250 e. The maximum absolute atomic E-state index is 14.3. The molecule has 3 aliphatic rings. The van der Waals surface area contributed by atoms with Gasteiger partial charge in [0.1, 0.15) is 11.6 Å². The largest absolute Gasteiger partial charge is 0.396 e. The van der Waals surface area contributed by atoms with Gasteiger partial charge in [-0.25, -0.2) is 0 Å². The van der Waals surface area contributed by atoms with Gasteiger partial charge >= 0.3 is 0 Å². The molecule has 3 amide bonds. The first-order valence-corrected chi connectivity index (χ1v) is 14.6. The fourth-order valence-electron chi connectivity index (χ4n) is 7.35. The van der Waals surface area contributed by atoms with Crippen molar-refractivity contribution in [3.8, 4) is 0 Å². The molecule has 3 aliphatic heterocycles. The quantitative estimate of drug-likeness (QED) is 0.357. The normalized spacial score (nSPS) is 28.6.